The second kappa shape index (κ2) is 15.2. The van der Waals surface area contributed by atoms with Crippen molar-refractivity contribution in [2.45, 2.75) is 102 Å². The summed E-state index contributed by atoms with van der Waals surface area (Å²) in [7, 11) is -3.54. The van der Waals surface area contributed by atoms with E-state index in [1.165, 1.54) is 12.1 Å². The number of esters is 1. The van der Waals surface area contributed by atoms with Crippen molar-refractivity contribution in [1.82, 2.24) is 4.72 Å². The lowest BCUT2D eigenvalue weighted by Gasteiger charge is -2.23. The third-order valence-corrected chi connectivity index (χ3v) is 7.56. The predicted molar refractivity (Wildman–Crippen MR) is 138 cm³/mol. The topological polar surface area (TPSA) is 90.9 Å². The Bertz CT molecular complexity index is 848. The lowest BCUT2D eigenvalue weighted by atomic mass is 9.92. The average molecular weight is 532 g/mol. The number of sulfonamides is 1. The zero-order chi connectivity index (χ0) is 25.7. The van der Waals surface area contributed by atoms with Crippen LogP contribution in [0.4, 0.5) is 0 Å². The van der Waals surface area contributed by atoms with Crippen LogP contribution in [0, 0.1) is 5.92 Å². The van der Waals surface area contributed by atoms with Gasteiger partial charge in [-0.15, -0.1) is 0 Å². The molecule has 9 heteroatoms. The molecule has 0 amide bonds. The summed E-state index contributed by atoms with van der Waals surface area (Å²) in [6, 6.07) is 6.13. The van der Waals surface area contributed by atoms with Crippen molar-refractivity contribution in [2.75, 3.05) is 19.8 Å². The molecule has 1 aliphatic heterocycles. The van der Waals surface area contributed by atoms with Gasteiger partial charge in [-0.1, -0.05) is 24.4 Å². The van der Waals surface area contributed by atoms with Gasteiger partial charge in [0.15, 0.2) is 6.29 Å². The summed E-state index contributed by atoms with van der Waals surface area (Å²) >= 11 is 5.84. The number of ether oxygens (including phenoxy) is 3. The molecule has 2 unspecified atom stereocenters. The van der Waals surface area contributed by atoms with E-state index in [9.17, 15) is 13.2 Å². The van der Waals surface area contributed by atoms with E-state index in [0.717, 1.165) is 64.4 Å². The van der Waals surface area contributed by atoms with Gasteiger partial charge in [0.1, 0.15) is 5.60 Å². The van der Waals surface area contributed by atoms with E-state index in [-0.39, 0.29) is 17.2 Å². The normalized spacial score (nSPS) is 17.8. The Morgan fingerprint density at radius 2 is 1.83 bits per heavy atom. The summed E-state index contributed by atoms with van der Waals surface area (Å²) in [6.07, 6.45) is 8.62. The SMILES string of the molecule is CC(C)(C)OC(=O)CCC(CCCCNS(=O)(=O)c1ccc(Cl)cc1)CCCOC1CCCCO1. The van der Waals surface area contributed by atoms with Gasteiger partial charge in [-0.05, 0) is 95.9 Å². The van der Waals surface area contributed by atoms with Crippen LogP contribution in [0.1, 0.15) is 85.0 Å². The number of halogens is 1. The van der Waals surface area contributed by atoms with E-state index in [0.29, 0.717) is 30.5 Å². The minimum atomic E-state index is -3.54. The molecule has 7 nitrogen and oxygen atoms in total. The Balaban J connectivity index is 1.74. The van der Waals surface area contributed by atoms with E-state index in [2.05, 4.69) is 4.72 Å². The van der Waals surface area contributed by atoms with Crippen LogP contribution in [-0.4, -0.2) is 46.0 Å². The van der Waals surface area contributed by atoms with E-state index in [1.54, 1.807) is 12.1 Å². The summed E-state index contributed by atoms with van der Waals surface area (Å²) in [5, 5.41) is 0.498. The molecule has 0 radical (unpaired) electrons. The van der Waals surface area contributed by atoms with Crippen LogP contribution in [-0.2, 0) is 29.0 Å². The fourth-order valence-corrected chi connectivity index (χ4v) is 5.24. The molecular formula is C26H42ClNO6S. The van der Waals surface area contributed by atoms with Gasteiger partial charge in [-0.3, -0.25) is 4.79 Å². The lowest BCUT2D eigenvalue weighted by molar-refractivity contribution is -0.163. The third-order valence-electron chi connectivity index (χ3n) is 5.83. The number of unbranched alkanes of at least 4 members (excludes halogenated alkanes) is 1. The van der Waals surface area contributed by atoms with Crippen molar-refractivity contribution in [3.8, 4) is 0 Å². The maximum atomic E-state index is 12.4. The van der Waals surface area contributed by atoms with Gasteiger partial charge in [-0.2, -0.15) is 0 Å². The Kier molecular flexibility index (Phi) is 13.0. The molecule has 1 saturated heterocycles. The minimum Gasteiger partial charge on any atom is -0.460 e. The maximum absolute atomic E-state index is 12.4. The number of carbonyl (C=O) groups excluding carboxylic acids is 1. The summed E-state index contributed by atoms with van der Waals surface area (Å²) in [5.74, 6) is 0.177. The van der Waals surface area contributed by atoms with Crippen LogP contribution >= 0.6 is 11.6 Å². The van der Waals surface area contributed by atoms with Crippen LogP contribution in [0.5, 0.6) is 0 Å². The molecule has 1 aromatic carbocycles. The molecule has 1 aliphatic rings. The molecule has 1 aromatic rings. The standard InChI is InChI=1S/C26H42ClNO6S/c1-26(2,3)34-24(29)17-12-21(10-8-20-33-25-11-5-7-19-32-25)9-4-6-18-28-35(30,31)23-15-13-22(27)14-16-23/h13-16,21,25,28H,4-12,17-20H2,1-3H3. The molecule has 35 heavy (non-hydrogen) atoms. The highest BCUT2D eigenvalue weighted by atomic mass is 35.5. The van der Waals surface area contributed by atoms with E-state index < -0.39 is 15.6 Å². The number of hydrogen-bond donors (Lipinski definition) is 1. The second-order valence-electron chi connectivity index (χ2n) is 10.1. The second-order valence-corrected chi connectivity index (χ2v) is 12.4. The van der Waals surface area contributed by atoms with Gasteiger partial charge in [0, 0.05) is 31.2 Å². The fraction of sp³-hybridized carbons (Fsp3) is 0.731. The minimum absolute atomic E-state index is 0.0855. The summed E-state index contributed by atoms with van der Waals surface area (Å²) < 4.78 is 44.4. The number of nitrogens with one attached hydrogen (secondary N) is 1. The van der Waals surface area contributed by atoms with Crippen molar-refractivity contribution < 1.29 is 27.4 Å². The predicted octanol–water partition coefficient (Wildman–Crippen LogP) is 5.85. The highest BCUT2D eigenvalue weighted by molar-refractivity contribution is 7.89. The first-order valence-electron chi connectivity index (χ1n) is 12.8. The maximum Gasteiger partial charge on any atom is 0.306 e. The zero-order valence-corrected chi connectivity index (χ0v) is 23.0. The highest BCUT2D eigenvalue weighted by Crippen LogP contribution is 2.23. The number of benzene rings is 1. The molecule has 0 bridgehead atoms. The van der Waals surface area contributed by atoms with Gasteiger partial charge in [0.25, 0.3) is 0 Å². The first-order chi connectivity index (χ1) is 16.5. The van der Waals surface area contributed by atoms with Crippen molar-refractivity contribution in [1.29, 1.82) is 0 Å². The van der Waals surface area contributed by atoms with Gasteiger partial charge in [0.2, 0.25) is 10.0 Å². The summed E-state index contributed by atoms with van der Waals surface area (Å²) in [5.41, 5.74) is -0.484. The molecule has 0 aromatic heterocycles. The van der Waals surface area contributed by atoms with Crippen LogP contribution in [0.15, 0.2) is 29.2 Å². The van der Waals surface area contributed by atoms with Crippen molar-refractivity contribution >= 4 is 27.6 Å². The monoisotopic (exact) mass is 531 g/mol. The number of rotatable bonds is 15. The molecule has 200 valence electrons. The Labute approximate surface area is 216 Å². The number of hydrogen-bond acceptors (Lipinski definition) is 6. The largest absolute Gasteiger partial charge is 0.460 e. The third kappa shape index (κ3) is 13.1. The van der Waals surface area contributed by atoms with Crippen LogP contribution in [0.25, 0.3) is 0 Å². The van der Waals surface area contributed by atoms with Crippen molar-refractivity contribution in [3.63, 3.8) is 0 Å². The quantitative estimate of drug-likeness (QED) is 0.225. The van der Waals surface area contributed by atoms with Crippen LogP contribution < -0.4 is 4.72 Å². The molecule has 1 fully saturated rings. The summed E-state index contributed by atoms with van der Waals surface area (Å²) in [4.78, 5) is 12.4. The van der Waals surface area contributed by atoms with Gasteiger partial charge in [-0.25, -0.2) is 13.1 Å². The van der Waals surface area contributed by atoms with E-state index in [1.807, 2.05) is 20.8 Å². The molecule has 2 rings (SSSR count). The van der Waals surface area contributed by atoms with E-state index >= 15 is 0 Å². The Hall–Kier alpha value is -1.19. The molecular weight excluding hydrogens is 490 g/mol. The lowest BCUT2D eigenvalue weighted by Crippen LogP contribution is -2.25. The van der Waals surface area contributed by atoms with Crippen LogP contribution in [0.3, 0.4) is 0 Å². The fourth-order valence-electron chi connectivity index (χ4n) is 4.04. The average Bonchev–Trinajstić information content (AvgIpc) is 2.79. The molecule has 1 heterocycles. The summed E-state index contributed by atoms with van der Waals surface area (Å²) in [6.45, 7) is 7.40. The molecule has 0 aliphatic carbocycles. The molecule has 0 saturated carbocycles. The highest BCUT2D eigenvalue weighted by Gasteiger charge is 2.19. The Morgan fingerprint density at radius 3 is 2.49 bits per heavy atom. The van der Waals surface area contributed by atoms with Crippen molar-refractivity contribution in [2.24, 2.45) is 5.92 Å². The molecule has 0 spiro atoms. The smallest absolute Gasteiger partial charge is 0.306 e. The van der Waals surface area contributed by atoms with Crippen molar-refractivity contribution in [3.05, 3.63) is 29.3 Å². The van der Waals surface area contributed by atoms with Gasteiger partial charge < -0.3 is 14.2 Å². The first-order valence-corrected chi connectivity index (χ1v) is 14.6. The Morgan fingerprint density at radius 1 is 1.11 bits per heavy atom. The molecule has 2 atom stereocenters. The number of carbonyl (C=O) groups is 1. The first kappa shape index (κ1) is 30.0. The molecule has 1 N–H and O–H groups in total. The van der Waals surface area contributed by atoms with Crippen LogP contribution in [0.2, 0.25) is 5.02 Å². The van der Waals surface area contributed by atoms with E-state index in [4.69, 9.17) is 25.8 Å². The van der Waals surface area contributed by atoms with Gasteiger partial charge in [0.05, 0.1) is 4.90 Å². The zero-order valence-electron chi connectivity index (χ0n) is 21.4. The van der Waals surface area contributed by atoms with Gasteiger partial charge >= 0.3 is 5.97 Å².